The van der Waals surface area contributed by atoms with E-state index in [0.29, 0.717) is 0 Å². The van der Waals surface area contributed by atoms with Gasteiger partial charge >= 0.3 is 0 Å². The molecule has 0 saturated carbocycles. The van der Waals surface area contributed by atoms with Crippen LogP contribution in [-0.2, 0) is 0 Å². The number of rotatable bonds is 1. The van der Waals surface area contributed by atoms with Gasteiger partial charge in [-0.3, -0.25) is 5.00 Å². The van der Waals surface area contributed by atoms with E-state index in [4.69, 9.17) is 5.00 Å². The average Bonchev–Trinajstić information content (AvgIpc) is 1.35. The molecule has 6 heavy (non-hydrogen) atoms. The molecule has 3 heteroatoms. The molecule has 0 amide bonds. The molecular formula is C3H9BNP. The number of hydrogen-bond donors (Lipinski definition) is 0. The summed E-state index contributed by atoms with van der Waals surface area (Å²) in [6.45, 7) is 2.08. The van der Waals surface area contributed by atoms with Crippen molar-refractivity contribution < 1.29 is 0 Å². The fourth-order valence-electron chi connectivity index (χ4n) is 0.324. The molecule has 1 atom stereocenters. The highest BCUT2D eigenvalue weighted by atomic mass is 31.1. The van der Waals surface area contributed by atoms with Gasteiger partial charge in [-0.1, -0.05) is 6.92 Å². The smallest absolute Gasteiger partial charge is 0.200 e. The third-order valence-electron chi connectivity index (χ3n) is 0.547. The second-order valence-electron chi connectivity index (χ2n) is 1.38. The van der Waals surface area contributed by atoms with Gasteiger partial charge in [0.2, 0.25) is 7.57 Å². The minimum Gasteiger partial charge on any atom is -0.258 e. The fraction of sp³-hybridized carbons (Fsp3) is 1.00. The first-order chi connectivity index (χ1) is 2.77. The maximum atomic E-state index is 8.62. The van der Waals surface area contributed by atoms with Gasteiger partial charge in [0.05, 0.1) is 0 Å². The Morgan fingerprint density at radius 3 is 2.33 bits per heavy atom. The number of hydrogen-bond acceptors (Lipinski definition) is 1. The molecule has 0 heterocycles. The lowest BCUT2D eigenvalue weighted by atomic mass is 10.6. The van der Waals surface area contributed by atoms with Crippen LogP contribution in [0.3, 0.4) is 0 Å². The van der Waals surface area contributed by atoms with Gasteiger partial charge in [0.25, 0.3) is 0 Å². The minimum absolute atomic E-state index is 0.601. The van der Waals surface area contributed by atoms with Crippen LogP contribution in [0.4, 0.5) is 0 Å². The standard InChI is InChI=1S/C3H9BNP/c1-2-3-6(4)5/h2-4H2,1H3. The van der Waals surface area contributed by atoms with Crippen molar-refractivity contribution in [2.45, 2.75) is 13.3 Å². The van der Waals surface area contributed by atoms with E-state index in [9.17, 15) is 0 Å². The Morgan fingerprint density at radius 1 is 1.83 bits per heavy atom. The van der Waals surface area contributed by atoms with Crippen molar-refractivity contribution in [2.24, 2.45) is 0 Å². The van der Waals surface area contributed by atoms with Gasteiger partial charge < -0.3 is 0 Å². The van der Waals surface area contributed by atoms with Gasteiger partial charge in [0.1, 0.15) is 0 Å². The van der Waals surface area contributed by atoms with Crippen LogP contribution >= 0.6 is 7.44 Å². The van der Waals surface area contributed by atoms with Crippen LogP contribution in [0.25, 0.3) is 0 Å². The molecule has 1 unspecified atom stereocenters. The van der Waals surface area contributed by atoms with E-state index in [-0.39, 0.29) is 0 Å². The molecular weight excluding hydrogens is 91.8 g/mol. The highest BCUT2D eigenvalue weighted by Gasteiger charge is 1.78. The third kappa shape index (κ3) is 4.07. The molecule has 0 bridgehead atoms. The summed E-state index contributed by atoms with van der Waals surface area (Å²) in [4.78, 5) is 0. The fourth-order valence-corrected chi connectivity index (χ4v) is 0.971. The number of nitrogens with zero attached hydrogens (tertiary/aromatic N) is 1. The summed E-state index contributed by atoms with van der Waals surface area (Å²) in [6.07, 6.45) is 2.11. The van der Waals surface area contributed by atoms with E-state index >= 15 is 0 Å². The summed E-state index contributed by atoms with van der Waals surface area (Å²) in [7, 11) is 1.27. The van der Waals surface area contributed by atoms with E-state index in [1.54, 1.807) is 0 Å². The Balaban J connectivity index is 2.91. The lowest BCUT2D eigenvalue weighted by Gasteiger charge is -1.79. The summed E-state index contributed by atoms with van der Waals surface area (Å²) >= 11 is 0. The third-order valence-corrected chi connectivity index (χ3v) is 1.64. The first kappa shape index (κ1) is 6.07. The largest absolute Gasteiger partial charge is 0.258 e. The van der Waals surface area contributed by atoms with Crippen molar-refractivity contribution in [1.82, 2.24) is 0 Å². The molecule has 0 aliphatic carbocycles. The predicted molar refractivity (Wildman–Crippen MR) is 32.3 cm³/mol. The Kier molecular flexibility index (Phi) is 3.31. The predicted octanol–water partition coefficient (Wildman–Crippen LogP) is 0.906. The second-order valence-corrected chi connectivity index (χ2v) is 3.14. The lowest BCUT2D eigenvalue weighted by molar-refractivity contribution is 1.10. The van der Waals surface area contributed by atoms with Crippen molar-refractivity contribution in [2.75, 3.05) is 6.16 Å². The molecule has 0 fully saturated rings. The zero-order valence-electron chi connectivity index (χ0n) is 4.31. The lowest BCUT2D eigenvalue weighted by Crippen LogP contribution is -1.66. The molecule has 1 nitrogen and oxygen atoms in total. The van der Waals surface area contributed by atoms with Crippen molar-refractivity contribution in [3.05, 3.63) is 0 Å². The Hall–Kier alpha value is 0.0749. The molecule has 34 valence electrons. The Labute approximate surface area is 40.5 Å². The van der Waals surface area contributed by atoms with E-state index in [0.717, 1.165) is 12.6 Å². The van der Waals surface area contributed by atoms with Crippen LogP contribution in [-0.4, -0.2) is 13.7 Å². The SMILES string of the molecule is BP(#N)CCC. The molecule has 0 rings (SSSR count). The van der Waals surface area contributed by atoms with E-state index < -0.39 is 7.44 Å². The summed E-state index contributed by atoms with van der Waals surface area (Å²) in [5, 5.41) is 8.62. The zero-order chi connectivity index (χ0) is 4.99. The molecule has 0 aliphatic rings. The van der Waals surface area contributed by atoms with Crippen LogP contribution in [0.5, 0.6) is 0 Å². The topological polar surface area (TPSA) is 23.8 Å². The summed E-state index contributed by atoms with van der Waals surface area (Å²) in [5.41, 5.74) is 0. The van der Waals surface area contributed by atoms with Gasteiger partial charge in [0, 0.05) is 6.16 Å². The van der Waals surface area contributed by atoms with Crippen LogP contribution in [0.1, 0.15) is 13.3 Å². The monoisotopic (exact) mass is 101 g/mol. The van der Waals surface area contributed by atoms with Crippen molar-refractivity contribution in [3.63, 3.8) is 0 Å². The maximum Gasteiger partial charge on any atom is 0.200 e. The van der Waals surface area contributed by atoms with Crippen LogP contribution in [0.2, 0.25) is 0 Å². The van der Waals surface area contributed by atoms with Gasteiger partial charge in [0.15, 0.2) is 0 Å². The maximum absolute atomic E-state index is 8.62. The van der Waals surface area contributed by atoms with Crippen LogP contribution in [0, 0.1) is 5.00 Å². The van der Waals surface area contributed by atoms with Gasteiger partial charge in [-0.15, -0.1) is 0 Å². The van der Waals surface area contributed by atoms with E-state index in [2.05, 4.69) is 6.92 Å². The highest BCUT2D eigenvalue weighted by Crippen LogP contribution is 2.07. The molecule has 0 aromatic carbocycles. The summed E-state index contributed by atoms with van der Waals surface area (Å²) in [6, 6.07) is 0. The molecule has 0 aromatic heterocycles. The Bertz CT molecular complexity index is 82.5. The average molecular weight is 101 g/mol. The summed E-state index contributed by atoms with van der Waals surface area (Å²) < 4.78 is 0. The second kappa shape index (κ2) is 3.27. The molecule has 0 N–H and O–H groups in total. The molecule has 0 spiro atoms. The first-order valence-corrected chi connectivity index (χ1v) is 4.10. The van der Waals surface area contributed by atoms with E-state index in [1.807, 2.05) is 7.57 Å². The molecule has 0 aliphatic heterocycles. The zero-order valence-corrected chi connectivity index (χ0v) is 5.20. The molecule has 0 radical (unpaired) electrons. The van der Waals surface area contributed by atoms with Gasteiger partial charge in [-0.2, -0.15) is 0 Å². The Morgan fingerprint density at radius 2 is 2.33 bits per heavy atom. The van der Waals surface area contributed by atoms with Crippen LogP contribution < -0.4 is 0 Å². The minimum atomic E-state index is -0.601. The normalized spacial score (nSPS) is 11.0. The molecule has 0 saturated heterocycles. The highest BCUT2D eigenvalue weighted by molar-refractivity contribution is 7.70. The molecule has 0 aromatic rings. The van der Waals surface area contributed by atoms with Gasteiger partial charge in [-0.25, -0.2) is 0 Å². The van der Waals surface area contributed by atoms with Crippen molar-refractivity contribution in [1.29, 1.82) is 5.00 Å². The van der Waals surface area contributed by atoms with E-state index in [1.165, 1.54) is 0 Å². The van der Waals surface area contributed by atoms with Crippen molar-refractivity contribution in [3.8, 4) is 0 Å². The van der Waals surface area contributed by atoms with Crippen molar-refractivity contribution >= 4 is 15.0 Å². The van der Waals surface area contributed by atoms with Gasteiger partial charge in [-0.05, 0) is 13.9 Å². The quantitative estimate of drug-likeness (QED) is 0.355. The summed E-state index contributed by atoms with van der Waals surface area (Å²) in [5.74, 6) is 0. The van der Waals surface area contributed by atoms with Crippen LogP contribution in [0.15, 0.2) is 0 Å². The first-order valence-electron chi connectivity index (χ1n) is 2.17.